The molecule has 1 atom stereocenters. The van der Waals surface area contributed by atoms with Gasteiger partial charge in [-0.1, -0.05) is 30.3 Å². The maximum atomic E-state index is 11.6. The summed E-state index contributed by atoms with van der Waals surface area (Å²) in [6.45, 7) is 0.458. The monoisotopic (exact) mass is 351 g/mol. The summed E-state index contributed by atoms with van der Waals surface area (Å²) in [6, 6.07) is 8.70. The highest BCUT2D eigenvalue weighted by Crippen LogP contribution is 2.01. The summed E-state index contributed by atoms with van der Waals surface area (Å²) >= 11 is 0. The van der Waals surface area contributed by atoms with E-state index in [-0.39, 0.29) is 13.2 Å². The number of hydrogen-bond acceptors (Lipinski definition) is 6. The largest absolute Gasteiger partial charge is 0.468 e. The molecule has 25 heavy (non-hydrogen) atoms. The maximum absolute atomic E-state index is 11.6. The van der Waals surface area contributed by atoms with E-state index in [9.17, 15) is 14.4 Å². The highest BCUT2D eigenvalue weighted by atomic mass is 16.5. The van der Waals surface area contributed by atoms with E-state index in [1.807, 2.05) is 30.3 Å². The second-order valence-corrected chi connectivity index (χ2v) is 5.38. The highest BCUT2D eigenvalue weighted by molar-refractivity contribution is 5.85. The van der Waals surface area contributed by atoms with Crippen molar-refractivity contribution in [2.45, 2.75) is 31.9 Å². The van der Waals surface area contributed by atoms with Crippen LogP contribution in [-0.4, -0.2) is 44.2 Å². The van der Waals surface area contributed by atoms with Crippen molar-refractivity contribution in [1.29, 1.82) is 0 Å². The SMILES string of the molecule is COC(=O)CNC(=O)C(N)CCCCNC(=O)OCc1ccccc1. The van der Waals surface area contributed by atoms with Crippen LogP contribution in [0.25, 0.3) is 0 Å². The number of ether oxygens (including phenoxy) is 2. The smallest absolute Gasteiger partial charge is 0.407 e. The third-order valence-electron chi connectivity index (χ3n) is 3.40. The van der Waals surface area contributed by atoms with Crippen molar-refractivity contribution >= 4 is 18.0 Å². The number of methoxy groups -OCH3 is 1. The molecule has 0 heterocycles. The Balaban J connectivity index is 2.05. The van der Waals surface area contributed by atoms with E-state index in [2.05, 4.69) is 15.4 Å². The van der Waals surface area contributed by atoms with Crippen LogP contribution in [0.1, 0.15) is 24.8 Å². The van der Waals surface area contributed by atoms with Crippen molar-refractivity contribution in [3.05, 3.63) is 35.9 Å². The quantitative estimate of drug-likeness (QED) is 0.422. The van der Waals surface area contributed by atoms with Crippen LogP contribution in [0, 0.1) is 0 Å². The topological polar surface area (TPSA) is 120 Å². The Morgan fingerprint density at radius 2 is 1.84 bits per heavy atom. The van der Waals surface area contributed by atoms with Gasteiger partial charge in [0.2, 0.25) is 5.91 Å². The van der Waals surface area contributed by atoms with Crippen LogP contribution >= 0.6 is 0 Å². The van der Waals surface area contributed by atoms with Crippen molar-refractivity contribution in [3.8, 4) is 0 Å². The standard InChI is InChI=1S/C17H25N3O5/c1-24-15(21)11-20-16(22)14(18)9-5-6-10-19-17(23)25-12-13-7-3-2-4-8-13/h2-4,7-8,14H,5-6,9-12,18H2,1H3,(H,19,23)(H,20,22). The molecule has 0 aliphatic rings. The first-order chi connectivity index (χ1) is 12.0. The molecule has 1 unspecified atom stereocenters. The van der Waals surface area contributed by atoms with Gasteiger partial charge in [-0.3, -0.25) is 9.59 Å². The Bertz CT molecular complexity index is 550. The third kappa shape index (κ3) is 9.31. The van der Waals surface area contributed by atoms with Crippen LogP contribution < -0.4 is 16.4 Å². The normalized spacial score (nSPS) is 11.3. The number of rotatable bonds is 10. The molecule has 0 fully saturated rings. The molecule has 0 saturated heterocycles. The van der Waals surface area contributed by atoms with E-state index in [4.69, 9.17) is 10.5 Å². The van der Waals surface area contributed by atoms with Gasteiger partial charge in [-0.15, -0.1) is 0 Å². The molecule has 0 aliphatic heterocycles. The number of benzene rings is 1. The Morgan fingerprint density at radius 1 is 1.12 bits per heavy atom. The highest BCUT2D eigenvalue weighted by Gasteiger charge is 2.14. The van der Waals surface area contributed by atoms with E-state index >= 15 is 0 Å². The molecule has 0 radical (unpaired) electrons. The number of esters is 1. The molecule has 0 spiro atoms. The summed E-state index contributed by atoms with van der Waals surface area (Å²) in [5, 5.41) is 5.04. The predicted molar refractivity (Wildman–Crippen MR) is 91.5 cm³/mol. The predicted octanol–water partition coefficient (Wildman–Crippen LogP) is 0.700. The van der Waals surface area contributed by atoms with Crippen molar-refractivity contribution in [2.75, 3.05) is 20.2 Å². The number of nitrogens with two attached hydrogens (primary N) is 1. The van der Waals surface area contributed by atoms with Crippen LogP contribution in [0.3, 0.4) is 0 Å². The second-order valence-electron chi connectivity index (χ2n) is 5.38. The molecular weight excluding hydrogens is 326 g/mol. The van der Waals surface area contributed by atoms with E-state index in [1.54, 1.807) is 0 Å². The lowest BCUT2D eigenvalue weighted by Gasteiger charge is -2.11. The number of alkyl carbamates (subject to hydrolysis) is 1. The van der Waals surface area contributed by atoms with Gasteiger partial charge >= 0.3 is 12.1 Å². The van der Waals surface area contributed by atoms with Gasteiger partial charge in [0, 0.05) is 6.54 Å². The summed E-state index contributed by atoms with van der Waals surface area (Å²) in [4.78, 5) is 34.1. The van der Waals surface area contributed by atoms with Crippen molar-refractivity contribution in [3.63, 3.8) is 0 Å². The number of nitrogens with one attached hydrogen (secondary N) is 2. The molecule has 138 valence electrons. The molecule has 0 aliphatic carbocycles. The van der Waals surface area contributed by atoms with Gasteiger partial charge in [0.05, 0.1) is 13.2 Å². The number of hydrogen-bond donors (Lipinski definition) is 3. The third-order valence-corrected chi connectivity index (χ3v) is 3.40. The Hall–Kier alpha value is -2.61. The van der Waals surface area contributed by atoms with Gasteiger partial charge in [-0.05, 0) is 24.8 Å². The van der Waals surface area contributed by atoms with Gasteiger partial charge in [0.1, 0.15) is 13.2 Å². The van der Waals surface area contributed by atoms with Gasteiger partial charge in [0.15, 0.2) is 0 Å². The van der Waals surface area contributed by atoms with Crippen LogP contribution in [0.2, 0.25) is 0 Å². The number of carbonyl (C=O) groups is 3. The van der Waals surface area contributed by atoms with E-state index < -0.39 is 24.0 Å². The molecule has 0 saturated carbocycles. The van der Waals surface area contributed by atoms with Crippen LogP contribution in [0.15, 0.2) is 30.3 Å². The summed E-state index contributed by atoms with van der Waals surface area (Å²) in [6.07, 6.45) is 1.29. The average molecular weight is 351 g/mol. The zero-order valence-corrected chi connectivity index (χ0v) is 14.3. The Kier molecular flexibility index (Phi) is 9.69. The molecule has 2 amide bonds. The first kappa shape index (κ1) is 20.4. The summed E-state index contributed by atoms with van der Waals surface area (Å²) < 4.78 is 9.49. The molecule has 8 nitrogen and oxygen atoms in total. The minimum atomic E-state index is -0.699. The minimum Gasteiger partial charge on any atom is -0.468 e. The number of carbonyl (C=O) groups excluding carboxylic acids is 3. The molecule has 1 rings (SSSR count). The lowest BCUT2D eigenvalue weighted by Crippen LogP contribution is -2.42. The number of unbranched alkanes of at least 4 members (excludes halogenated alkanes) is 1. The first-order valence-electron chi connectivity index (χ1n) is 8.07. The lowest BCUT2D eigenvalue weighted by molar-refractivity contribution is -0.141. The minimum absolute atomic E-state index is 0.197. The van der Waals surface area contributed by atoms with E-state index in [0.717, 1.165) is 5.56 Å². The molecule has 1 aromatic rings. The fourth-order valence-electron chi connectivity index (χ4n) is 1.95. The number of amides is 2. The van der Waals surface area contributed by atoms with Gasteiger partial charge in [0.25, 0.3) is 0 Å². The molecular formula is C17H25N3O5. The van der Waals surface area contributed by atoms with Crippen LogP contribution in [-0.2, 0) is 25.7 Å². The fraction of sp³-hybridized carbons (Fsp3) is 0.471. The van der Waals surface area contributed by atoms with Gasteiger partial charge in [-0.2, -0.15) is 0 Å². The lowest BCUT2D eigenvalue weighted by atomic mass is 10.1. The summed E-state index contributed by atoms with van der Waals surface area (Å²) in [7, 11) is 1.24. The van der Waals surface area contributed by atoms with Gasteiger partial charge < -0.3 is 25.8 Å². The van der Waals surface area contributed by atoms with Crippen LogP contribution in [0.5, 0.6) is 0 Å². The van der Waals surface area contributed by atoms with E-state index in [0.29, 0.717) is 25.8 Å². The Labute approximate surface area is 147 Å². The van der Waals surface area contributed by atoms with Gasteiger partial charge in [-0.25, -0.2) is 4.79 Å². The maximum Gasteiger partial charge on any atom is 0.407 e. The zero-order chi connectivity index (χ0) is 18.5. The molecule has 8 heteroatoms. The second kappa shape index (κ2) is 11.9. The molecule has 1 aromatic carbocycles. The average Bonchev–Trinajstić information content (AvgIpc) is 2.64. The van der Waals surface area contributed by atoms with E-state index in [1.165, 1.54) is 7.11 Å². The summed E-state index contributed by atoms with van der Waals surface area (Å²) in [5.41, 5.74) is 6.64. The summed E-state index contributed by atoms with van der Waals surface area (Å²) in [5.74, 6) is -0.931. The van der Waals surface area contributed by atoms with Crippen LogP contribution in [0.4, 0.5) is 4.79 Å². The Morgan fingerprint density at radius 3 is 2.52 bits per heavy atom. The molecule has 4 N–H and O–H groups in total. The van der Waals surface area contributed by atoms with Crippen molar-refractivity contribution in [1.82, 2.24) is 10.6 Å². The fourth-order valence-corrected chi connectivity index (χ4v) is 1.95. The molecule has 0 aromatic heterocycles. The van der Waals surface area contributed by atoms with Crippen molar-refractivity contribution in [2.24, 2.45) is 5.73 Å². The first-order valence-corrected chi connectivity index (χ1v) is 8.07. The van der Waals surface area contributed by atoms with Crippen molar-refractivity contribution < 1.29 is 23.9 Å². The molecule has 0 bridgehead atoms. The zero-order valence-electron chi connectivity index (χ0n) is 14.3.